The van der Waals surface area contributed by atoms with Gasteiger partial charge in [0.05, 0.1) is 0 Å². The van der Waals surface area contributed by atoms with Gasteiger partial charge in [0, 0.05) is 11.8 Å². The van der Waals surface area contributed by atoms with Gasteiger partial charge in [-0.15, -0.1) is 0 Å². The number of amides is 1. The lowest BCUT2D eigenvalue weighted by Gasteiger charge is -2.19. The zero-order chi connectivity index (χ0) is 17.1. The van der Waals surface area contributed by atoms with Gasteiger partial charge in [0.25, 0.3) is 5.91 Å². The van der Waals surface area contributed by atoms with E-state index in [1.165, 1.54) is 30.0 Å². The first-order valence-electron chi connectivity index (χ1n) is 8.07. The summed E-state index contributed by atoms with van der Waals surface area (Å²) < 4.78 is 31.8. The number of carbonyl (C=O) groups excluding carboxylic acids is 1. The number of rotatable bonds is 4. The highest BCUT2D eigenvalue weighted by Crippen LogP contribution is 2.26. The van der Waals surface area contributed by atoms with Crippen molar-refractivity contribution in [3.05, 3.63) is 59.2 Å². The highest BCUT2D eigenvalue weighted by molar-refractivity contribution is 5.94. The van der Waals surface area contributed by atoms with Gasteiger partial charge >= 0.3 is 0 Å². The van der Waals surface area contributed by atoms with E-state index in [2.05, 4.69) is 5.32 Å². The van der Waals surface area contributed by atoms with Crippen LogP contribution in [0.5, 0.6) is 5.75 Å². The number of nitrogens with one attached hydrogen (secondary N) is 1. The van der Waals surface area contributed by atoms with E-state index in [1.807, 2.05) is 18.2 Å². The smallest absolute Gasteiger partial charge is 0.265 e. The van der Waals surface area contributed by atoms with Crippen LogP contribution in [0.15, 0.2) is 36.4 Å². The fourth-order valence-corrected chi connectivity index (χ4v) is 2.86. The molecular formula is C19H19F2NO2. The van der Waals surface area contributed by atoms with Gasteiger partial charge in [-0.1, -0.05) is 6.07 Å². The van der Waals surface area contributed by atoms with Crippen LogP contribution in [0.25, 0.3) is 0 Å². The van der Waals surface area contributed by atoms with Crippen LogP contribution in [-0.2, 0) is 17.6 Å². The molecule has 0 spiro atoms. The third kappa shape index (κ3) is 3.72. The van der Waals surface area contributed by atoms with Gasteiger partial charge in [0.2, 0.25) is 0 Å². The summed E-state index contributed by atoms with van der Waals surface area (Å²) in [5.74, 6) is -1.73. The van der Waals surface area contributed by atoms with Crippen molar-refractivity contribution >= 4 is 11.6 Å². The average Bonchev–Trinajstić information content (AvgIpc) is 2.58. The van der Waals surface area contributed by atoms with Crippen molar-refractivity contribution in [1.82, 2.24) is 0 Å². The number of hydrogen-bond donors (Lipinski definition) is 1. The molecule has 2 aromatic rings. The number of fused-ring (bicyclic) bond motifs is 1. The van der Waals surface area contributed by atoms with Crippen molar-refractivity contribution in [2.75, 3.05) is 5.32 Å². The number of carbonyl (C=O) groups is 1. The third-order valence-electron chi connectivity index (χ3n) is 4.19. The Morgan fingerprint density at radius 1 is 1.04 bits per heavy atom. The second kappa shape index (κ2) is 6.99. The van der Waals surface area contributed by atoms with Crippen molar-refractivity contribution in [2.24, 2.45) is 0 Å². The summed E-state index contributed by atoms with van der Waals surface area (Å²) in [4.78, 5) is 12.1. The van der Waals surface area contributed by atoms with Crippen LogP contribution in [0.2, 0.25) is 0 Å². The van der Waals surface area contributed by atoms with E-state index in [-0.39, 0.29) is 5.69 Å². The topological polar surface area (TPSA) is 38.3 Å². The van der Waals surface area contributed by atoms with E-state index in [0.717, 1.165) is 25.0 Å². The van der Waals surface area contributed by atoms with Crippen molar-refractivity contribution in [1.29, 1.82) is 0 Å². The zero-order valence-electron chi connectivity index (χ0n) is 13.4. The SMILES string of the molecule is CC(Oc1ccc2c(c1)CCCC2)C(=O)Nc1ccc(F)c(F)c1. The summed E-state index contributed by atoms with van der Waals surface area (Å²) >= 11 is 0. The van der Waals surface area contributed by atoms with Crippen molar-refractivity contribution < 1.29 is 18.3 Å². The molecule has 0 aromatic heterocycles. The molecule has 0 aliphatic heterocycles. The highest BCUT2D eigenvalue weighted by Gasteiger charge is 2.17. The molecule has 0 heterocycles. The summed E-state index contributed by atoms with van der Waals surface area (Å²) in [5, 5.41) is 2.52. The number of aryl methyl sites for hydroxylation is 2. The van der Waals surface area contributed by atoms with Gasteiger partial charge in [-0.05, 0) is 68.0 Å². The number of anilines is 1. The van der Waals surface area contributed by atoms with Gasteiger partial charge < -0.3 is 10.1 Å². The molecule has 126 valence electrons. The molecule has 2 aromatic carbocycles. The van der Waals surface area contributed by atoms with Crippen LogP contribution >= 0.6 is 0 Å². The molecule has 0 fully saturated rings. The Morgan fingerprint density at radius 2 is 1.79 bits per heavy atom. The normalized spacial score (nSPS) is 14.6. The molecule has 0 radical (unpaired) electrons. The Balaban J connectivity index is 1.64. The standard InChI is InChI=1S/C19H19F2NO2/c1-12(19(23)22-15-7-9-17(20)18(21)11-15)24-16-8-6-13-4-2-3-5-14(13)10-16/h6-12H,2-5H2,1H3,(H,22,23). The molecule has 0 bridgehead atoms. The lowest BCUT2D eigenvalue weighted by atomic mass is 9.92. The Morgan fingerprint density at radius 3 is 2.54 bits per heavy atom. The van der Waals surface area contributed by atoms with E-state index in [9.17, 15) is 13.6 Å². The maximum atomic E-state index is 13.2. The second-order valence-electron chi connectivity index (χ2n) is 6.02. The third-order valence-corrected chi connectivity index (χ3v) is 4.19. The first-order chi connectivity index (χ1) is 11.5. The van der Waals surface area contributed by atoms with Crippen LogP contribution in [0.1, 0.15) is 30.9 Å². The van der Waals surface area contributed by atoms with Crippen LogP contribution in [-0.4, -0.2) is 12.0 Å². The lowest BCUT2D eigenvalue weighted by molar-refractivity contribution is -0.122. The molecule has 1 atom stereocenters. The van der Waals surface area contributed by atoms with E-state index in [4.69, 9.17) is 4.74 Å². The van der Waals surface area contributed by atoms with E-state index >= 15 is 0 Å². The maximum Gasteiger partial charge on any atom is 0.265 e. The molecular weight excluding hydrogens is 312 g/mol. The van der Waals surface area contributed by atoms with Gasteiger partial charge in [-0.3, -0.25) is 4.79 Å². The van der Waals surface area contributed by atoms with Gasteiger partial charge in [-0.25, -0.2) is 8.78 Å². The molecule has 1 amide bonds. The van der Waals surface area contributed by atoms with Crippen molar-refractivity contribution in [2.45, 2.75) is 38.7 Å². The van der Waals surface area contributed by atoms with Crippen molar-refractivity contribution in [3.63, 3.8) is 0 Å². The van der Waals surface area contributed by atoms with Crippen LogP contribution in [0, 0.1) is 11.6 Å². The molecule has 0 saturated carbocycles. The predicted octanol–water partition coefficient (Wildman–Crippen LogP) is 4.25. The number of ether oxygens (including phenoxy) is 1. The van der Waals surface area contributed by atoms with E-state index in [0.29, 0.717) is 5.75 Å². The van der Waals surface area contributed by atoms with Gasteiger partial charge in [-0.2, -0.15) is 0 Å². The Hall–Kier alpha value is -2.43. The summed E-state index contributed by atoms with van der Waals surface area (Å²) in [7, 11) is 0. The molecule has 1 aliphatic rings. The predicted molar refractivity (Wildman–Crippen MR) is 88.2 cm³/mol. The van der Waals surface area contributed by atoms with Gasteiger partial charge in [0.1, 0.15) is 5.75 Å². The van der Waals surface area contributed by atoms with Crippen LogP contribution in [0.3, 0.4) is 0 Å². The summed E-state index contributed by atoms with van der Waals surface area (Å²) in [6.45, 7) is 1.62. The summed E-state index contributed by atoms with van der Waals surface area (Å²) in [6, 6.07) is 9.12. The van der Waals surface area contributed by atoms with E-state index < -0.39 is 23.6 Å². The minimum atomic E-state index is -1.00. The second-order valence-corrected chi connectivity index (χ2v) is 6.02. The minimum Gasteiger partial charge on any atom is -0.481 e. The quantitative estimate of drug-likeness (QED) is 0.909. The minimum absolute atomic E-state index is 0.194. The summed E-state index contributed by atoms with van der Waals surface area (Å²) in [5.41, 5.74) is 2.80. The average molecular weight is 331 g/mol. The number of halogens is 2. The molecule has 1 unspecified atom stereocenters. The first-order valence-corrected chi connectivity index (χ1v) is 8.07. The highest BCUT2D eigenvalue weighted by atomic mass is 19.2. The molecule has 1 aliphatic carbocycles. The maximum absolute atomic E-state index is 13.2. The summed E-state index contributed by atoms with van der Waals surface area (Å²) in [6.07, 6.45) is 3.74. The van der Waals surface area contributed by atoms with Crippen LogP contribution < -0.4 is 10.1 Å². The molecule has 0 saturated heterocycles. The number of hydrogen-bond acceptors (Lipinski definition) is 2. The Labute approximate surface area is 139 Å². The van der Waals surface area contributed by atoms with Crippen LogP contribution in [0.4, 0.5) is 14.5 Å². The molecule has 1 N–H and O–H groups in total. The van der Waals surface area contributed by atoms with Crippen molar-refractivity contribution in [3.8, 4) is 5.75 Å². The molecule has 3 nitrogen and oxygen atoms in total. The Bertz CT molecular complexity index is 761. The molecule has 24 heavy (non-hydrogen) atoms. The number of benzene rings is 2. The molecule has 5 heteroatoms. The Kier molecular flexibility index (Phi) is 4.79. The first kappa shape index (κ1) is 16.4. The van der Waals surface area contributed by atoms with E-state index in [1.54, 1.807) is 6.92 Å². The fraction of sp³-hybridized carbons (Fsp3) is 0.316. The largest absolute Gasteiger partial charge is 0.481 e. The fourth-order valence-electron chi connectivity index (χ4n) is 2.86. The monoisotopic (exact) mass is 331 g/mol. The van der Waals surface area contributed by atoms with Gasteiger partial charge in [0.15, 0.2) is 17.7 Å². The molecule has 3 rings (SSSR count). The lowest BCUT2D eigenvalue weighted by Crippen LogP contribution is -2.30. The zero-order valence-corrected chi connectivity index (χ0v) is 13.4.